The second-order valence-corrected chi connectivity index (χ2v) is 7.13. The molecule has 0 aliphatic rings. The lowest BCUT2D eigenvalue weighted by Crippen LogP contribution is -2.14. The molecule has 4 aromatic rings. The van der Waals surface area contributed by atoms with Gasteiger partial charge in [-0.15, -0.1) is 0 Å². The molecule has 5 heteroatoms. The Labute approximate surface area is 184 Å². The highest BCUT2D eigenvalue weighted by Crippen LogP contribution is 2.37. The van der Waals surface area contributed by atoms with Crippen LogP contribution in [0.25, 0.3) is 0 Å². The SMILES string of the molecule is O=C(c1ccccc1)c1cc(O)c(C(=O)c2ccccc2)c(O)c1C(=O)c1ccccc1. The third-order valence-corrected chi connectivity index (χ3v) is 5.09. The number of ketones is 3. The van der Waals surface area contributed by atoms with E-state index in [2.05, 4.69) is 0 Å². The topological polar surface area (TPSA) is 91.7 Å². The number of carbonyl (C=O) groups excluding carboxylic acids is 3. The summed E-state index contributed by atoms with van der Waals surface area (Å²) in [5, 5.41) is 21.7. The summed E-state index contributed by atoms with van der Waals surface area (Å²) in [5.41, 5.74) is -0.227. The number of aromatic hydroxyl groups is 2. The molecule has 5 nitrogen and oxygen atoms in total. The Bertz CT molecular complexity index is 1310. The predicted octanol–water partition coefficient (Wildman–Crippen LogP) is 4.79. The molecular formula is C27H18O5. The molecule has 0 aliphatic heterocycles. The zero-order valence-electron chi connectivity index (χ0n) is 16.9. The fraction of sp³-hybridized carbons (Fsp3) is 0. The molecule has 0 heterocycles. The van der Waals surface area contributed by atoms with Crippen molar-refractivity contribution in [1.82, 2.24) is 0 Å². The molecule has 0 radical (unpaired) electrons. The molecule has 4 rings (SSSR count). The maximum Gasteiger partial charge on any atom is 0.200 e. The highest BCUT2D eigenvalue weighted by atomic mass is 16.3. The van der Waals surface area contributed by atoms with Crippen molar-refractivity contribution in [2.24, 2.45) is 0 Å². The van der Waals surface area contributed by atoms with Gasteiger partial charge in [0, 0.05) is 22.3 Å². The van der Waals surface area contributed by atoms with Crippen LogP contribution in [0.5, 0.6) is 11.5 Å². The number of phenolic OH excluding ortho intramolecular Hbond substituents is 2. The van der Waals surface area contributed by atoms with Gasteiger partial charge in [-0.1, -0.05) is 91.0 Å². The lowest BCUT2D eigenvalue weighted by atomic mass is 9.88. The molecule has 0 saturated heterocycles. The van der Waals surface area contributed by atoms with Crippen molar-refractivity contribution < 1.29 is 24.6 Å². The van der Waals surface area contributed by atoms with Crippen molar-refractivity contribution in [2.75, 3.05) is 0 Å². The van der Waals surface area contributed by atoms with E-state index in [1.807, 2.05) is 0 Å². The molecule has 2 N–H and O–H groups in total. The Morgan fingerprint density at radius 3 is 1.31 bits per heavy atom. The fourth-order valence-electron chi connectivity index (χ4n) is 3.50. The number of benzene rings is 4. The average molecular weight is 422 g/mol. The second kappa shape index (κ2) is 8.70. The normalized spacial score (nSPS) is 10.5. The summed E-state index contributed by atoms with van der Waals surface area (Å²) in [6.45, 7) is 0. The van der Waals surface area contributed by atoms with Gasteiger partial charge in [-0.25, -0.2) is 0 Å². The van der Waals surface area contributed by atoms with Crippen molar-refractivity contribution in [1.29, 1.82) is 0 Å². The summed E-state index contributed by atoms with van der Waals surface area (Å²) in [4.78, 5) is 39.6. The molecule has 0 fully saturated rings. The molecule has 0 spiro atoms. The average Bonchev–Trinajstić information content (AvgIpc) is 2.84. The quantitative estimate of drug-likeness (QED) is 0.436. The summed E-state index contributed by atoms with van der Waals surface area (Å²) < 4.78 is 0. The van der Waals surface area contributed by atoms with Gasteiger partial charge in [0.05, 0.1) is 5.56 Å². The molecule has 156 valence electrons. The minimum atomic E-state index is -0.730. The highest BCUT2D eigenvalue weighted by molar-refractivity contribution is 6.23. The van der Waals surface area contributed by atoms with Gasteiger partial charge in [0.2, 0.25) is 5.78 Å². The molecule has 0 atom stereocenters. The number of rotatable bonds is 6. The lowest BCUT2D eigenvalue weighted by molar-refractivity contribution is 0.0997. The first-order valence-electron chi connectivity index (χ1n) is 9.87. The van der Waals surface area contributed by atoms with Crippen LogP contribution >= 0.6 is 0 Å². The molecule has 0 saturated carbocycles. The van der Waals surface area contributed by atoms with Gasteiger partial charge in [0.1, 0.15) is 17.1 Å². The van der Waals surface area contributed by atoms with Crippen LogP contribution in [0.4, 0.5) is 0 Å². The van der Waals surface area contributed by atoms with Crippen molar-refractivity contribution in [3.8, 4) is 11.5 Å². The predicted molar refractivity (Wildman–Crippen MR) is 119 cm³/mol. The van der Waals surface area contributed by atoms with E-state index < -0.39 is 34.4 Å². The number of phenols is 2. The smallest absolute Gasteiger partial charge is 0.200 e. The van der Waals surface area contributed by atoms with Gasteiger partial charge in [0.15, 0.2) is 11.6 Å². The summed E-state index contributed by atoms with van der Waals surface area (Å²) >= 11 is 0. The minimum absolute atomic E-state index is 0.190. The van der Waals surface area contributed by atoms with Crippen LogP contribution in [0.3, 0.4) is 0 Å². The first-order valence-corrected chi connectivity index (χ1v) is 9.87. The van der Waals surface area contributed by atoms with E-state index in [-0.39, 0.29) is 27.8 Å². The third-order valence-electron chi connectivity index (χ3n) is 5.09. The van der Waals surface area contributed by atoms with E-state index >= 15 is 0 Å². The van der Waals surface area contributed by atoms with Crippen LogP contribution in [-0.4, -0.2) is 27.6 Å². The van der Waals surface area contributed by atoms with E-state index in [0.717, 1.165) is 6.07 Å². The van der Waals surface area contributed by atoms with Gasteiger partial charge in [-0.05, 0) is 6.07 Å². The maximum absolute atomic E-state index is 13.3. The molecule has 0 amide bonds. The molecular weight excluding hydrogens is 404 g/mol. The van der Waals surface area contributed by atoms with E-state index in [1.54, 1.807) is 78.9 Å². The van der Waals surface area contributed by atoms with Crippen LogP contribution in [0.1, 0.15) is 47.8 Å². The van der Waals surface area contributed by atoms with Gasteiger partial charge in [0.25, 0.3) is 0 Å². The summed E-state index contributed by atoms with van der Waals surface area (Å²) in [6.07, 6.45) is 0. The second-order valence-electron chi connectivity index (χ2n) is 7.13. The Balaban J connectivity index is 1.95. The van der Waals surface area contributed by atoms with E-state index in [1.165, 1.54) is 12.1 Å². The summed E-state index contributed by atoms with van der Waals surface area (Å²) in [7, 11) is 0. The van der Waals surface area contributed by atoms with Crippen molar-refractivity contribution in [3.63, 3.8) is 0 Å². The molecule has 0 aromatic heterocycles. The highest BCUT2D eigenvalue weighted by Gasteiger charge is 2.30. The Morgan fingerprint density at radius 1 is 0.500 bits per heavy atom. The van der Waals surface area contributed by atoms with Crippen LogP contribution in [-0.2, 0) is 0 Å². The van der Waals surface area contributed by atoms with Crippen LogP contribution < -0.4 is 0 Å². The standard InChI is InChI=1S/C27H18O5/c28-21-16-20(24(29)17-10-4-1-5-11-17)22(25(30)18-12-6-2-7-13-18)27(32)23(21)26(31)19-14-8-3-9-15-19/h1-16,28,32H. The first-order chi connectivity index (χ1) is 15.5. The Morgan fingerprint density at radius 2 is 0.875 bits per heavy atom. The number of hydrogen-bond donors (Lipinski definition) is 2. The number of carbonyl (C=O) groups is 3. The van der Waals surface area contributed by atoms with E-state index in [4.69, 9.17) is 0 Å². The fourth-order valence-corrected chi connectivity index (χ4v) is 3.50. The maximum atomic E-state index is 13.3. The lowest BCUT2D eigenvalue weighted by Gasteiger charge is -2.15. The van der Waals surface area contributed by atoms with Crippen LogP contribution in [0.15, 0.2) is 97.1 Å². The Hall–Kier alpha value is -4.51. The summed E-state index contributed by atoms with van der Waals surface area (Å²) in [6, 6.07) is 25.5. The molecule has 32 heavy (non-hydrogen) atoms. The number of hydrogen-bond acceptors (Lipinski definition) is 5. The van der Waals surface area contributed by atoms with Crippen molar-refractivity contribution >= 4 is 17.3 Å². The van der Waals surface area contributed by atoms with E-state index in [9.17, 15) is 24.6 Å². The van der Waals surface area contributed by atoms with Crippen LogP contribution in [0, 0.1) is 0 Å². The van der Waals surface area contributed by atoms with Gasteiger partial charge in [-0.2, -0.15) is 0 Å². The van der Waals surface area contributed by atoms with E-state index in [0.29, 0.717) is 0 Å². The first kappa shape index (κ1) is 20.8. The third kappa shape index (κ3) is 3.79. The van der Waals surface area contributed by atoms with Gasteiger partial charge >= 0.3 is 0 Å². The minimum Gasteiger partial charge on any atom is -0.507 e. The summed E-state index contributed by atoms with van der Waals surface area (Å²) in [5.74, 6) is -3.17. The van der Waals surface area contributed by atoms with Crippen molar-refractivity contribution in [3.05, 3.63) is 130 Å². The zero-order chi connectivity index (χ0) is 22.7. The van der Waals surface area contributed by atoms with Crippen LogP contribution in [0.2, 0.25) is 0 Å². The van der Waals surface area contributed by atoms with Gasteiger partial charge < -0.3 is 10.2 Å². The molecule has 0 unspecified atom stereocenters. The monoisotopic (exact) mass is 422 g/mol. The largest absolute Gasteiger partial charge is 0.507 e. The Kier molecular flexibility index (Phi) is 5.64. The molecule has 0 bridgehead atoms. The van der Waals surface area contributed by atoms with Crippen molar-refractivity contribution in [2.45, 2.75) is 0 Å². The molecule has 0 aliphatic carbocycles. The molecule has 4 aromatic carbocycles. The van der Waals surface area contributed by atoms with Gasteiger partial charge in [-0.3, -0.25) is 14.4 Å². The zero-order valence-corrected chi connectivity index (χ0v) is 16.9.